The first-order chi connectivity index (χ1) is 27.3. The second-order valence-corrected chi connectivity index (χ2v) is 14.8. The molecule has 9 aromatic rings. The topological polar surface area (TPSA) is 9.23 Å². The van der Waals surface area contributed by atoms with Crippen molar-refractivity contribution < 1.29 is 4.74 Å². The first-order valence-electron chi connectivity index (χ1n) is 19.1. The van der Waals surface area contributed by atoms with E-state index in [1.165, 1.54) is 60.8 Å². The molecule has 0 spiro atoms. The first-order valence-corrected chi connectivity index (χ1v) is 19.1. The zero-order valence-electron chi connectivity index (χ0n) is 30.2. The lowest BCUT2D eigenvalue weighted by Gasteiger charge is -2.41. The van der Waals surface area contributed by atoms with Crippen LogP contribution in [0.3, 0.4) is 0 Å². The van der Waals surface area contributed by atoms with E-state index >= 15 is 0 Å². The van der Waals surface area contributed by atoms with Crippen molar-refractivity contribution in [2.24, 2.45) is 0 Å². The standard InChI is InChI=1S/C54H36O/c1-5-19-41(20-6-1)53(42-21-7-2-8-22-42)47-27-15-16-28-51(47)55-52-32-30-40(36-50(52)53)39-29-31-45-46-33-37-17-13-14-18-38(37)34-49(46)54(48(45)35-39,43-23-9-3-10-24-43)44-25-11-4-12-26-44/h1-36H. The summed E-state index contributed by atoms with van der Waals surface area (Å²) in [7, 11) is 0. The zero-order chi connectivity index (χ0) is 36.4. The maximum atomic E-state index is 6.77. The number of hydrogen-bond donors (Lipinski definition) is 0. The van der Waals surface area contributed by atoms with Gasteiger partial charge in [0.1, 0.15) is 11.5 Å². The number of fused-ring (bicyclic) bond motifs is 6. The molecule has 0 unspecified atom stereocenters. The van der Waals surface area contributed by atoms with E-state index < -0.39 is 10.8 Å². The molecule has 258 valence electrons. The van der Waals surface area contributed by atoms with E-state index in [0.717, 1.165) is 28.2 Å². The lowest BCUT2D eigenvalue weighted by Crippen LogP contribution is -2.34. The fourth-order valence-corrected chi connectivity index (χ4v) is 9.74. The highest BCUT2D eigenvalue weighted by molar-refractivity contribution is 5.96. The van der Waals surface area contributed by atoms with Gasteiger partial charge in [-0.05, 0) is 103 Å². The molecule has 0 radical (unpaired) electrons. The second kappa shape index (κ2) is 12.3. The molecule has 11 rings (SSSR count). The van der Waals surface area contributed by atoms with Crippen molar-refractivity contribution in [2.45, 2.75) is 10.8 Å². The second-order valence-electron chi connectivity index (χ2n) is 14.8. The SMILES string of the molecule is c1ccc(C2(c3ccccc3)c3ccccc3Oc3ccc(-c4ccc5c(c4)C(c4ccccc4)(c4ccccc4)c4cc6ccccc6cc4-5)cc32)cc1. The van der Waals surface area contributed by atoms with Crippen LogP contribution in [0.1, 0.15) is 44.5 Å². The minimum atomic E-state index is -0.590. The van der Waals surface area contributed by atoms with E-state index in [2.05, 4.69) is 218 Å². The monoisotopic (exact) mass is 700 g/mol. The van der Waals surface area contributed by atoms with Crippen molar-refractivity contribution in [3.05, 3.63) is 263 Å². The summed E-state index contributed by atoms with van der Waals surface area (Å²) in [6, 6.07) is 80.0. The fourth-order valence-electron chi connectivity index (χ4n) is 9.74. The predicted molar refractivity (Wildman–Crippen MR) is 225 cm³/mol. The van der Waals surface area contributed by atoms with Gasteiger partial charge < -0.3 is 4.74 Å². The minimum Gasteiger partial charge on any atom is -0.457 e. The normalized spacial score (nSPS) is 14.3. The Morgan fingerprint density at radius 2 is 0.691 bits per heavy atom. The highest BCUT2D eigenvalue weighted by atomic mass is 16.5. The van der Waals surface area contributed by atoms with Crippen LogP contribution in [-0.4, -0.2) is 0 Å². The van der Waals surface area contributed by atoms with Gasteiger partial charge in [0.2, 0.25) is 0 Å². The molecule has 0 amide bonds. The average Bonchev–Trinajstić information content (AvgIpc) is 3.55. The van der Waals surface area contributed by atoms with Gasteiger partial charge in [-0.25, -0.2) is 0 Å². The van der Waals surface area contributed by atoms with Crippen LogP contribution in [0.4, 0.5) is 0 Å². The molecule has 0 aromatic heterocycles. The van der Waals surface area contributed by atoms with E-state index in [4.69, 9.17) is 4.74 Å². The Morgan fingerprint density at radius 1 is 0.273 bits per heavy atom. The van der Waals surface area contributed by atoms with Gasteiger partial charge in [-0.3, -0.25) is 0 Å². The van der Waals surface area contributed by atoms with Crippen molar-refractivity contribution in [2.75, 3.05) is 0 Å². The van der Waals surface area contributed by atoms with Gasteiger partial charge in [0.25, 0.3) is 0 Å². The van der Waals surface area contributed by atoms with E-state index in [1.807, 2.05) is 0 Å². The van der Waals surface area contributed by atoms with Crippen molar-refractivity contribution in [1.82, 2.24) is 0 Å². The van der Waals surface area contributed by atoms with Gasteiger partial charge in [-0.2, -0.15) is 0 Å². The van der Waals surface area contributed by atoms with Crippen LogP contribution in [0.25, 0.3) is 33.0 Å². The molecule has 2 aliphatic rings. The molecule has 0 saturated carbocycles. The molecule has 9 aromatic carbocycles. The average molecular weight is 701 g/mol. The minimum absolute atomic E-state index is 0.513. The van der Waals surface area contributed by atoms with Crippen LogP contribution in [0, 0.1) is 0 Å². The van der Waals surface area contributed by atoms with Crippen molar-refractivity contribution in [1.29, 1.82) is 0 Å². The number of ether oxygens (including phenoxy) is 1. The Hall–Kier alpha value is -6.96. The number of hydrogen-bond acceptors (Lipinski definition) is 1. The number of para-hydroxylation sites is 1. The van der Waals surface area contributed by atoms with Gasteiger partial charge in [0.05, 0.1) is 10.8 Å². The summed E-state index contributed by atoms with van der Waals surface area (Å²) in [6.07, 6.45) is 0. The van der Waals surface area contributed by atoms with Crippen LogP contribution in [0.15, 0.2) is 218 Å². The summed E-state index contributed by atoms with van der Waals surface area (Å²) < 4.78 is 6.77. The largest absolute Gasteiger partial charge is 0.457 e. The third-order valence-electron chi connectivity index (χ3n) is 12.1. The molecule has 0 N–H and O–H groups in total. The maximum absolute atomic E-state index is 6.77. The van der Waals surface area contributed by atoms with Gasteiger partial charge in [-0.15, -0.1) is 0 Å². The summed E-state index contributed by atoms with van der Waals surface area (Å²) in [5.74, 6) is 1.76. The third kappa shape index (κ3) is 4.54. The molecule has 1 heteroatoms. The van der Waals surface area contributed by atoms with E-state index in [-0.39, 0.29) is 0 Å². The Kier molecular flexibility index (Phi) is 7.06. The quantitative estimate of drug-likeness (QED) is 0.174. The number of benzene rings is 9. The predicted octanol–water partition coefficient (Wildman–Crippen LogP) is 13.4. The van der Waals surface area contributed by atoms with Crippen molar-refractivity contribution in [3.8, 4) is 33.8 Å². The third-order valence-corrected chi connectivity index (χ3v) is 12.1. The maximum Gasteiger partial charge on any atom is 0.132 e. The zero-order valence-corrected chi connectivity index (χ0v) is 30.2. The molecule has 0 saturated heterocycles. The van der Waals surface area contributed by atoms with Crippen molar-refractivity contribution >= 4 is 10.8 Å². The van der Waals surface area contributed by atoms with Crippen LogP contribution in [0.2, 0.25) is 0 Å². The smallest absolute Gasteiger partial charge is 0.132 e. The molecule has 0 atom stereocenters. The molecule has 1 aliphatic heterocycles. The lowest BCUT2D eigenvalue weighted by atomic mass is 9.63. The fraction of sp³-hybridized carbons (Fsp3) is 0.0370. The summed E-state index contributed by atoms with van der Waals surface area (Å²) in [5.41, 5.74) is 13.6. The molecular weight excluding hydrogens is 665 g/mol. The summed E-state index contributed by atoms with van der Waals surface area (Å²) >= 11 is 0. The molecule has 1 heterocycles. The van der Waals surface area contributed by atoms with Crippen LogP contribution < -0.4 is 4.74 Å². The Labute approximate surface area is 321 Å². The molecule has 55 heavy (non-hydrogen) atoms. The van der Waals surface area contributed by atoms with Gasteiger partial charge >= 0.3 is 0 Å². The Bertz CT molecular complexity index is 2800. The molecule has 0 bridgehead atoms. The lowest BCUT2D eigenvalue weighted by molar-refractivity contribution is 0.434. The van der Waals surface area contributed by atoms with Gasteiger partial charge in [-0.1, -0.05) is 182 Å². The van der Waals surface area contributed by atoms with Gasteiger partial charge in [0, 0.05) is 11.1 Å². The number of rotatable bonds is 5. The van der Waals surface area contributed by atoms with Crippen LogP contribution in [0.5, 0.6) is 11.5 Å². The Balaban J connectivity index is 1.19. The van der Waals surface area contributed by atoms with E-state index in [0.29, 0.717) is 0 Å². The van der Waals surface area contributed by atoms with E-state index in [1.54, 1.807) is 0 Å². The summed E-state index contributed by atoms with van der Waals surface area (Å²) in [6.45, 7) is 0. The highest BCUT2D eigenvalue weighted by Crippen LogP contribution is 2.59. The molecular formula is C54H36O. The van der Waals surface area contributed by atoms with Crippen LogP contribution in [-0.2, 0) is 10.8 Å². The summed E-state index contributed by atoms with van der Waals surface area (Å²) in [5, 5.41) is 2.50. The van der Waals surface area contributed by atoms with Gasteiger partial charge in [0.15, 0.2) is 0 Å². The Morgan fingerprint density at radius 3 is 1.27 bits per heavy atom. The molecule has 1 nitrogen and oxygen atoms in total. The molecule has 0 fully saturated rings. The molecule has 1 aliphatic carbocycles. The van der Waals surface area contributed by atoms with Crippen molar-refractivity contribution in [3.63, 3.8) is 0 Å². The first kappa shape index (κ1) is 31.6. The highest BCUT2D eigenvalue weighted by Gasteiger charge is 2.47. The van der Waals surface area contributed by atoms with E-state index in [9.17, 15) is 0 Å². The summed E-state index contributed by atoms with van der Waals surface area (Å²) in [4.78, 5) is 0. The van der Waals surface area contributed by atoms with Crippen LogP contribution >= 0.6 is 0 Å².